The quantitative estimate of drug-likeness (QED) is 0.0895. The van der Waals surface area contributed by atoms with Crippen molar-refractivity contribution in [1.82, 2.24) is 9.13 Å². The Morgan fingerprint density at radius 3 is 0.917 bits per heavy atom. The SMILES string of the molecule is Fc1ccc(-c2c3ccccc3c(-c3ccc(F)cc3)c3c(N(c4ccccc4)c4ccc5c(c4)c4ccccc4n5-c4ccccc4)cccc23)cc1.Fc1ccc(-c2c3ccccc3c(-c3ccc(F)cc3)c3cc(N(c4ccccc4)c4ccc5c(c4)c4ccccc4n5-c4ccccc4)ccc23)cc1. The summed E-state index contributed by atoms with van der Waals surface area (Å²) in [5.41, 5.74) is 20.5. The van der Waals surface area contributed by atoms with Gasteiger partial charge in [-0.3, -0.25) is 0 Å². The molecule has 0 atom stereocenters. The van der Waals surface area contributed by atoms with Crippen molar-refractivity contribution in [3.63, 3.8) is 0 Å². The number of fused-ring (bicyclic) bond motifs is 10. The van der Waals surface area contributed by atoms with Crippen molar-refractivity contribution in [2.75, 3.05) is 9.80 Å². The monoisotopic (exact) mass is 1400 g/mol. The average Bonchev–Trinajstić information content (AvgIpc) is 1.09. The van der Waals surface area contributed by atoms with Crippen molar-refractivity contribution in [2.24, 2.45) is 0 Å². The summed E-state index contributed by atoms with van der Waals surface area (Å²) in [7, 11) is 0. The maximum absolute atomic E-state index is 14.5. The van der Waals surface area contributed by atoms with Crippen LogP contribution in [-0.4, -0.2) is 9.13 Å². The third kappa shape index (κ3) is 11.3. The van der Waals surface area contributed by atoms with Crippen molar-refractivity contribution in [3.05, 3.63) is 412 Å². The highest BCUT2D eigenvalue weighted by Crippen LogP contribution is 2.52. The number of hydrogen-bond donors (Lipinski definition) is 0. The van der Waals surface area contributed by atoms with Crippen LogP contribution in [0.1, 0.15) is 0 Å². The summed E-state index contributed by atoms with van der Waals surface area (Å²) in [5, 5.41) is 12.9. The first-order valence-electron chi connectivity index (χ1n) is 36.1. The molecule has 0 unspecified atom stereocenters. The van der Waals surface area contributed by atoms with Crippen molar-refractivity contribution in [2.45, 2.75) is 0 Å². The Morgan fingerprint density at radius 2 is 0.481 bits per heavy atom. The van der Waals surface area contributed by atoms with E-state index in [4.69, 9.17) is 0 Å². The first-order valence-corrected chi connectivity index (χ1v) is 36.1. The highest BCUT2D eigenvalue weighted by Gasteiger charge is 2.27. The first kappa shape index (κ1) is 64.7. The molecule has 2 aromatic heterocycles. The molecule has 0 spiro atoms. The van der Waals surface area contributed by atoms with Gasteiger partial charge in [0.1, 0.15) is 23.3 Å². The fourth-order valence-electron chi connectivity index (χ4n) is 16.3. The van der Waals surface area contributed by atoms with Crippen LogP contribution in [0.5, 0.6) is 0 Å². The van der Waals surface area contributed by atoms with E-state index in [1.807, 2.05) is 97.1 Å². The fourth-order valence-corrected chi connectivity index (χ4v) is 16.3. The molecule has 0 bridgehead atoms. The molecule has 0 saturated carbocycles. The topological polar surface area (TPSA) is 16.3 Å². The lowest BCUT2D eigenvalue weighted by atomic mass is 9.85. The molecule has 20 rings (SSSR count). The van der Waals surface area contributed by atoms with Crippen LogP contribution < -0.4 is 9.80 Å². The summed E-state index contributed by atoms with van der Waals surface area (Å²) in [4.78, 5) is 4.63. The number of para-hydroxylation sites is 6. The van der Waals surface area contributed by atoms with Crippen molar-refractivity contribution in [1.29, 1.82) is 0 Å². The summed E-state index contributed by atoms with van der Waals surface area (Å²) in [6.07, 6.45) is 0. The van der Waals surface area contributed by atoms with Gasteiger partial charge in [0, 0.05) is 66.7 Å². The number of nitrogens with zero attached hydrogens (tertiary/aromatic N) is 4. The van der Waals surface area contributed by atoms with Crippen LogP contribution in [0.25, 0.3) is 143 Å². The van der Waals surface area contributed by atoms with Gasteiger partial charge >= 0.3 is 0 Å². The molecule has 20 aromatic rings. The summed E-state index contributed by atoms with van der Waals surface area (Å²) in [6, 6.07) is 129. The fraction of sp³-hybridized carbons (Fsp3) is 0. The van der Waals surface area contributed by atoms with Crippen LogP contribution in [0.15, 0.2) is 388 Å². The zero-order valence-corrected chi connectivity index (χ0v) is 58.3. The molecule has 0 fully saturated rings. The molecule has 0 saturated heterocycles. The zero-order chi connectivity index (χ0) is 72.3. The first-order chi connectivity index (χ1) is 53.3. The van der Waals surface area contributed by atoms with Gasteiger partial charge in [-0.2, -0.15) is 0 Å². The molecule has 0 amide bonds. The second-order valence-electron chi connectivity index (χ2n) is 27.2. The van der Waals surface area contributed by atoms with Crippen molar-refractivity contribution in [3.8, 4) is 55.9 Å². The number of aromatic nitrogens is 2. The van der Waals surface area contributed by atoms with Gasteiger partial charge in [-0.25, -0.2) is 17.6 Å². The van der Waals surface area contributed by atoms with E-state index in [0.29, 0.717) is 0 Å². The second kappa shape index (κ2) is 27.2. The van der Waals surface area contributed by atoms with E-state index in [1.165, 1.54) is 59.3 Å². The second-order valence-corrected chi connectivity index (χ2v) is 27.2. The van der Waals surface area contributed by atoms with Gasteiger partial charge in [-0.15, -0.1) is 0 Å². The van der Waals surface area contributed by atoms with Crippen LogP contribution in [0.3, 0.4) is 0 Å². The molecule has 18 aromatic carbocycles. The lowest BCUT2D eigenvalue weighted by Gasteiger charge is -2.29. The lowest BCUT2D eigenvalue weighted by Crippen LogP contribution is -2.11. The van der Waals surface area contributed by atoms with Crippen LogP contribution in [0.4, 0.5) is 51.7 Å². The summed E-state index contributed by atoms with van der Waals surface area (Å²) < 4.78 is 62.1. The molecule has 4 nitrogen and oxygen atoms in total. The van der Waals surface area contributed by atoms with Gasteiger partial charge < -0.3 is 18.9 Å². The maximum Gasteiger partial charge on any atom is 0.123 e. The summed E-state index contributed by atoms with van der Waals surface area (Å²) in [5.74, 6) is -1.13. The largest absolute Gasteiger partial charge is 0.310 e. The van der Waals surface area contributed by atoms with Gasteiger partial charge in [0.15, 0.2) is 0 Å². The van der Waals surface area contributed by atoms with Crippen molar-refractivity contribution >= 4 is 121 Å². The molecule has 2 heterocycles. The van der Waals surface area contributed by atoms with Crippen LogP contribution in [0.2, 0.25) is 0 Å². The number of halogens is 4. The van der Waals surface area contributed by atoms with Crippen LogP contribution in [-0.2, 0) is 0 Å². The molecule has 0 aliphatic rings. The van der Waals surface area contributed by atoms with Crippen molar-refractivity contribution < 1.29 is 17.6 Å². The van der Waals surface area contributed by atoms with Gasteiger partial charge in [0.25, 0.3) is 0 Å². The van der Waals surface area contributed by atoms with Gasteiger partial charge in [0.05, 0.1) is 27.8 Å². The lowest BCUT2D eigenvalue weighted by molar-refractivity contribution is 0.627. The number of benzene rings is 18. The molecule has 0 N–H and O–H groups in total. The minimum Gasteiger partial charge on any atom is -0.310 e. The van der Waals surface area contributed by atoms with E-state index in [9.17, 15) is 17.6 Å². The highest BCUT2D eigenvalue weighted by atomic mass is 19.1. The molecule has 0 aliphatic heterocycles. The van der Waals surface area contributed by atoms with E-state index in [-0.39, 0.29) is 23.3 Å². The zero-order valence-electron chi connectivity index (χ0n) is 58.3. The van der Waals surface area contributed by atoms with E-state index in [0.717, 1.165) is 166 Å². The third-order valence-electron chi connectivity index (χ3n) is 21.0. The Bertz CT molecular complexity index is 6740. The number of hydrogen-bond acceptors (Lipinski definition) is 2. The smallest absolute Gasteiger partial charge is 0.123 e. The Kier molecular flexibility index (Phi) is 16.3. The number of anilines is 6. The highest BCUT2D eigenvalue weighted by molar-refractivity contribution is 6.26. The van der Waals surface area contributed by atoms with E-state index < -0.39 is 0 Å². The molecule has 0 radical (unpaired) electrons. The van der Waals surface area contributed by atoms with Crippen LogP contribution >= 0.6 is 0 Å². The van der Waals surface area contributed by atoms with Gasteiger partial charge in [0.2, 0.25) is 0 Å². The molecular weight excluding hydrogens is 1330 g/mol. The normalized spacial score (nSPS) is 11.5. The van der Waals surface area contributed by atoms with E-state index in [2.05, 4.69) is 262 Å². The Balaban J connectivity index is 0.000000147. The minimum atomic E-state index is -0.288. The Morgan fingerprint density at radius 1 is 0.185 bits per heavy atom. The summed E-state index contributed by atoms with van der Waals surface area (Å²) >= 11 is 0. The molecule has 0 aliphatic carbocycles. The van der Waals surface area contributed by atoms with E-state index in [1.54, 1.807) is 0 Å². The van der Waals surface area contributed by atoms with Gasteiger partial charge in [-0.1, -0.05) is 224 Å². The Labute approximate surface area is 621 Å². The summed E-state index contributed by atoms with van der Waals surface area (Å²) in [6.45, 7) is 0. The predicted octanol–water partition coefficient (Wildman–Crippen LogP) is 28.3. The maximum atomic E-state index is 14.5. The van der Waals surface area contributed by atoms with Crippen LogP contribution in [0, 0.1) is 23.3 Å². The number of rotatable bonds is 12. The minimum absolute atomic E-state index is 0.278. The standard InChI is InChI=1S/2C50H32F2N2/c51-35-26-22-33(23-27-35)48-41-17-7-8-18-42(41)49(34-24-28-36(52)29-25-34)50-43(48)19-11-21-47(50)53(37-12-3-1-4-13-37)39-30-31-46-44(32-39)40-16-9-10-20-45(40)54(46)38-14-5-2-6-15-38;51-35-23-19-33(20-24-35)49-42-16-7-8-17-43(42)50(34-21-25-36(52)26-22-34)46-32-39(27-29-44(46)49)53(37-11-3-1-4-12-37)40-28-30-48-45(31-40)41-15-9-10-18-47(41)54(48)38-13-5-2-6-14-38/h2*1-32H. The molecule has 8 heteroatoms. The predicted molar refractivity (Wildman–Crippen MR) is 443 cm³/mol. The third-order valence-corrected chi connectivity index (χ3v) is 21.0. The van der Waals surface area contributed by atoms with E-state index >= 15 is 0 Å². The molecule has 512 valence electrons. The Hall–Kier alpha value is -14.1. The molecule has 108 heavy (non-hydrogen) atoms. The average molecular weight is 1400 g/mol. The van der Waals surface area contributed by atoms with Gasteiger partial charge in [-0.05, 0) is 246 Å². The molecular formula is C100H64F4N4.